The summed E-state index contributed by atoms with van der Waals surface area (Å²) in [6.45, 7) is 5.49. The molecule has 0 fully saturated rings. The van der Waals surface area contributed by atoms with E-state index in [2.05, 4.69) is 20.9 Å². The van der Waals surface area contributed by atoms with Crippen molar-refractivity contribution in [1.82, 2.24) is 15.6 Å². The van der Waals surface area contributed by atoms with Gasteiger partial charge in [-0.15, -0.1) is 0 Å². The van der Waals surface area contributed by atoms with E-state index in [0.29, 0.717) is 17.8 Å². The molecule has 1 heterocycles. The van der Waals surface area contributed by atoms with Crippen molar-refractivity contribution >= 4 is 45.6 Å². The number of hydrogen-bond donors (Lipinski definition) is 5. The summed E-state index contributed by atoms with van der Waals surface area (Å²) in [6, 6.07) is 9.81. The molecule has 0 unspecified atom stereocenters. The molecule has 0 bridgehead atoms. The van der Waals surface area contributed by atoms with Crippen LogP contribution in [0.25, 0.3) is 0 Å². The summed E-state index contributed by atoms with van der Waals surface area (Å²) in [6.07, 6.45) is 0. The van der Waals surface area contributed by atoms with E-state index in [9.17, 15) is 18.4 Å². The smallest absolute Gasteiger partial charge is 0.300 e. The third-order valence-electron chi connectivity index (χ3n) is 4.82. The van der Waals surface area contributed by atoms with Gasteiger partial charge in [-0.3, -0.25) is 14.4 Å². The number of anilines is 3. The number of thiazole rings is 1. The maximum atomic E-state index is 13.9. The Balaban J connectivity index is 0.00000106. The van der Waals surface area contributed by atoms with Gasteiger partial charge < -0.3 is 26.8 Å². The first-order valence-corrected chi connectivity index (χ1v) is 11.4. The highest BCUT2D eigenvalue weighted by Gasteiger charge is 2.24. The molecule has 12 heteroatoms. The first-order valence-electron chi connectivity index (χ1n) is 10.6. The quantitative estimate of drug-likeness (QED) is 0.283. The lowest BCUT2D eigenvalue weighted by Gasteiger charge is -2.24. The molecule has 0 radical (unpaired) electrons. The highest BCUT2D eigenvalue weighted by molar-refractivity contribution is 7.18. The number of amides is 1. The number of rotatable bonds is 8. The van der Waals surface area contributed by atoms with Crippen molar-refractivity contribution in [3.8, 4) is 0 Å². The van der Waals surface area contributed by atoms with Gasteiger partial charge in [0.1, 0.15) is 22.3 Å². The Morgan fingerprint density at radius 2 is 1.64 bits per heavy atom. The van der Waals surface area contributed by atoms with Crippen LogP contribution in [0.4, 0.5) is 25.4 Å². The molecule has 0 aliphatic heterocycles. The number of hydrogen-bond acceptors (Lipinski definition) is 8. The van der Waals surface area contributed by atoms with E-state index in [1.54, 1.807) is 24.3 Å². The Kier molecular flexibility index (Phi) is 9.59. The zero-order chi connectivity index (χ0) is 27.0. The molecular formula is C24H27F2N5O4S. The van der Waals surface area contributed by atoms with Crippen LogP contribution in [-0.4, -0.2) is 46.9 Å². The second-order valence-electron chi connectivity index (χ2n) is 8.20. The zero-order valence-electron chi connectivity index (χ0n) is 20.1. The number of nitrogens with one attached hydrogen (secondary N) is 3. The second kappa shape index (κ2) is 12.2. The summed E-state index contributed by atoms with van der Waals surface area (Å²) in [4.78, 5) is 37.9. The number of nitrogens with zero attached hydrogens (tertiary/aromatic N) is 1. The molecule has 0 spiro atoms. The lowest BCUT2D eigenvalue weighted by atomic mass is 10.1. The molecule has 0 aliphatic rings. The number of carbonyl (C=O) groups excluding carboxylic acids is 2. The first kappa shape index (κ1) is 28.3. The third kappa shape index (κ3) is 7.82. The van der Waals surface area contributed by atoms with Crippen molar-refractivity contribution in [2.75, 3.05) is 24.6 Å². The molecule has 36 heavy (non-hydrogen) atoms. The van der Waals surface area contributed by atoms with Crippen LogP contribution in [0.3, 0.4) is 0 Å². The topological polar surface area (TPSA) is 146 Å². The number of carboxylic acids is 1. The van der Waals surface area contributed by atoms with Crippen LogP contribution in [0.2, 0.25) is 0 Å². The molecule has 9 nitrogen and oxygen atoms in total. The third-order valence-corrected chi connectivity index (χ3v) is 5.80. The van der Waals surface area contributed by atoms with Gasteiger partial charge in [-0.05, 0) is 57.3 Å². The van der Waals surface area contributed by atoms with E-state index in [-0.39, 0.29) is 27.3 Å². The summed E-state index contributed by atoms with van der Waals surface area (Å²) in [7, 11) is 1.82. The first-order chi connectivity index (χ1) is 16.8. The van der Waals surface area contributed by atoms with Gasteiger partial charge in [-0.2, -0.15) is 0 Å². The molecule has 0 atom stereocenters. The van der Waals surface area contributed by atoms with Gasteiger partial charge in [-0.1, -0.05) is 17.4 Å². The lowest BCUT2D eigenvalue weighted by molar-refractivity contribution is -0.134. The monoisotopic (exact) mass is 519 g/mol. The molecule has 0 saturated carbocycles. The Morgan fingerprint density at radius 1 is 1.08 bits per heavy atom. The predicted octanol–water partition coefficient (Wildman–Crippen LogP) is 3.80. The van der Waals surface area contributed by atoms with Gasteiger partial charge in [0, 0.05) is 30.3 Å². The second-order valence-corrected chi connectivity index (χ2v) is 9.20. The number of ketones is 1. The SMILES string of the molecule is CC(=O)O.CNC(C)(C)CNC(=O)c1ccc(Nc2nc(N)c(C(=O)c3c(F)cccc3F)s2)cc1. The van der Waals surface area contributed by atoms with Crippen LogP contribution in [0.15, 0.2) is 42.5 Å². The van der Waals surface area contributed by atoms with E-state index in [1.165, 1.54) is 6.07 Å². The molecule has 3 aromatic rings. The van der Waals surface area contributed by atoms with Crippen molar-refractivity contribution in [3.63, 3.8) is 0 Å². The molecule has 1 aromatic heterocycles. The van der Waals surface area contributed by atoms with Crippen LogP contribution < -0.4 is 21.7 Å². The number of nitrogen functional groups attached to an aromatic ring is 1. The average Bonchev–Trinajstić information content (AvgIpc) is 3.17. The van der Waals surface area contributed by atoms with E-state index < -0.39 is 29.0 Å². The Morgan fingerprint density at radius 3 is 2.17 bits per heavy atom. The lowest BCUT2D eigenvalue weighted by Crippen LogP contribution is -2.47. The molecule has 0 saturated heterocycles. The van der Waals surface area contributed by atoms with Gasteiger partial charge in [0.15, 0.2) is 5.13 Å². The van der Waals surface area contributed by atoms with Gasteiger partial charge in [-0.25, -0.2) is 13.8 Å². The van der Waals surface area contributed by atoms with Crippen molar-refractivity contribution in [2.45, 2.75) is 26.3 Å². The number of likely N-dealkylation sites (N-methyl/N-ethyl adjacent to an activating group) is 1. The number of benzene rings is 2. The normalized spacial score (nSPS) is 10.7. The van der Waals surface area contributed by atoms with Gasteiger partial charge >= 0.3 is 0 Å². The maximum Gasteiger partial charge on any atom is 0.300 e. The molecule has 6 N–H and O–H groups in total. The van der Waals surface area contributed by atoms with Crippen molar-refractivity contribution in [2.24, 2.45) is 0 Å². The fourth-order valence-electron chi connectivity index (χ4n) is 2.70. The number of carboxylic acid groups (broad SMARTS) is 1. The van der Waals surface area contributed by atoms with Gasteiger partial charge in [0.2, 0.25) is 5.78 Å². The molecular weight excluding hydrogens is 492 g/mol. The predicted molar refractivity (Wildman–Crippen MR) is 135 cm³/mol. The van der Waals surface area contributed by atoms with E-state index in [0.717, 1.165) is 30.4 Å². The van der Waals surface area contributed by atoms with Crippen molar-refractivity contribution < 1.29 is 28.3 Å². The van der Waals surface area contributed by atoms with Crippen LogP contribution in [0, 0.1) is 11.6 Å². The summed E-state index contributed by atoms with van der Waals surface area (Å²) in [5, 5.41) is 16.6. The average molecular weight is 520 g/mol. The standard InChI is InChI=1S/C22H23F2N5O2S.C2H4O2/c1-22(2,26-3)11-27-20(31)12-7-9-13(10-8-12)28-21-29-19(25)18(32-21)17(30)16-14(23)5-4-6-15(16)24;1-2(3)4/h4-10,26H,11,25H2,1-3H3,(H,27,31)(H,28,29);1H3,(H,3,4). The maximum absolute atomic E-state index is 13.9. The molecule has 2 aromatic carbocycles. The van der Waals surface area contributed by atoms with Crippen LogP contribution in [0.1, 0.15) is 46.4 Å². The Hall–Kier alpha value is -3.90. The van der Waals surface area contributed by atoms with Crippen molar-refractivity contribution in [1.29, 1.82) is 0 Å². The molecule has 0 aliphatic carbocycles. The van der Waals surface area contributed by atoms with E-state index in [4.69, 9.17) is 15.6 Å². The molecule has 1 amide bonds. The van der Waals surface area contributed by atoms with Crippen molar-refractivity contribution in [3.05, 3.63) is 70.1 Å². The minimum atomic E-state index is -0.968. The largest absolute Gasteiger partial charge is 0.481 e. The fraction of sp³-hybridized carbons (Fsp3) is 0.250. The summed E-state index contributed by atoms with van der Waals surface area (Å²) >= 11 is 0.882. The highest BCUT2D eigenvalue weighted by Crippen LogP contribution is 2.31. The highest BCUT2D eigenvalue weighted by atomic mass is 32.1. The Labute approximate surface area is 210 Å². The zero-order valence-corrected chi connectivity index (χ0v) is 20.9. The van der Waals surface area contributed by atoms with Crippen LogP contribution in [-0.2, 0) is 4.79 Å². The number of aliphatic carboxylic acids is 1. The van der Waals surface area contributed by atoms with Gasteiger partial charge in [0.25, 0.3) is 11.9 Å². The van der Waals surface area contributed by atoms with Crippen LogP contribution >= 0.6 is 11.3 Å². The van der Waals surface area contributed by atoms with Crippen LogP contribution in [0.5, 0.6) is 0 Å². The summed E-state index contributed by atoms with van der Waals surface area (Å²) < 4.78 is 27.9. The minimum Gasteiger partial charge on any atom is -0.481 e. The number of nitrogens with two attached hydrogens (primary N) is 1. The number of carbonyl (C=O) groups is 3. The fourth-order valence-corrected chi connectivity index (χ4v) is 3.55. The summed E-state index contributed by atoms with van der Waals surface area (Å²) in [5.41, 5.74) is 5.98. The summed E-state index contributed by atoms with van der Waals surface area (Å²) in [5.74, 6) is -3.99. The Bertz CT molecular complexity index is 1220. The molecule has 192 valence electrons. The minimum absolute atomic E-state index is 0.0698. The van der Waals surface area contributed by atoms with E-state index in [1.807, 2.05) is 20.9 Å². The number of halogens is 2. The number of aromatic nitrogens is 1. The van der Waals surface area contributed by atoms with E-state index >= 15 is 0 Å². The van der Waals surface area contributed by atoms with Gasteiger partial charge in [0.05, 0.1) is 5.56 Å². The molecule has 3 rings (SSSR count).